The summed E-state index contributed by atoms with van der Waals surface area (Å²) >= 11 is 0. The van der Waals surface area contributed by atoms with Crippen molar-refractivity contribution < 1.29 is 4.84 Å². The van der Waals surface area contributed by atoms with Gasteiger partial charge in [0.05, 0.1) is 0 Å². The van der Waals surface area contributed by atoms with E-state index >= 15 is 0 Å². The van der Waals surface area contributed by atoms with Crippen molar-refractivity contribution >= 4 is 5.71 Å². The van der Waals surface area contributed by atoms with Crippen LogP contribution in [0.15, 0.2) is 53.7 Å². The molecular formula is C16H14N2O. The minimum absolute atomic E-state index is 0.279. The minimum atomic E-state index is 0.279. The molecule has 2 aromatic carbocycles. The molecule has 0 bridgehead atoms. The maximum absolute atomic E-state index is 9.19. The maximum atomic E-state index is 9.19. The largest absolute Gasteiger partial charge is 0.398 e. The Labute approximate surface area is 112 Å². The van der Waals surface area contributed by atoms with Gasteiger partial charge in [0.25, 0.3) is 0 Å². The maximum Gasteiger partial charge on any atom is 0.187 e. The molecular weight excluding hydrogens is 236 g/mol. The highest BCUT2D eigenvalue weighted by molar-refractivity contribution is 6.15. The Bertz CT molecular complexity index is 654. The third-order valence-corrected chi connectivity index (χ3v) is 2.91. The van der Waals surface area contributed by atoms with Crippen LogP contribution < -0.4 is 0 Å². The smallest absolute Gasteiger partial charge is 0.187 e. The summed E-state index contributed by atoms with van der Waals surface area (Å²) in [6.07, 6.45) is 0. The Morgan fingerprint density at radius 3 is 2.32 bits per heavy atom. The van der Waals surface area contributed by atoms with Crippen LogP contribution in [-0.2, 0) is 4.84 Å². The summed E-state index contributed by atoms with van der Waals surface area (Å²) in [6.45, 7) is 2.05. The van der Waals surface area contributed by atoms with Gasteiger partial charge in [-0.15, -0.1) is 0 Å². The second-order valence-corrected chi connectivity index (χ2v) is 4.09. The van der Waals surface area contributed by atoms with Crippen LogP contribution in [0, 0.1) is 18.3 Å². The molecule has 0 saturated heterocycles. The zero-order chi connectivity index (χ0) is 13.7. The van der Waals surface area contributed by atoms with E-state index in [0.717, 1.165) is 22.3 Å². The first-order valence-corrected chi connectivity index (χ1v) is 5.94. The molecule has 0 amide bonds. The second kappa shape index (κ2) is 5.83. The van der Waals surface area contributed by atoms with Gasteiger partial charge in [-0.2, -0.15) is 5.26 Å². The Morgan fingerprint density at radius 1 is 1.05 bits per heavy atom. The lowest BCUT2D eigenvalue weighted by Crippen LogP contribution is -2.01. The number of aryl methyl sites for hydroxylation is 1. The van der Waals surface area contributed by atoms with E-state index in [9.17, 15) is 5.26 Å². The molecule has 0 saturated carbocycles. The van der Waals surface area contributed by atoms with Crippen molar-refractivity contribution in [2.75, 3.05) is 7.11 Å². The van der Waals surface area contributed by atoms with Gasteiger partial charge < -0.3 is 4.84 Å². The monoisotopic (exact) mass is 250 g/mol. The first-order chi connectivity index (χ1) is 9.27. The fourth-order valence-electron chi connectivity index (χ4n) is 2.02. The lowest BCUT2D eigenvalue weighted by atomic mass is 9.94. The van der Waals surface area contributed by atoms with Crippen LogP contribution in [0.3, 0.4) is 0 Å². The number of nitrogens with zero attached hydrogens (tertiary/aromatic N) is 2. The molecule has 0 radical (unpaired) electrons. The predicted molar refractivity (Wildman–Crippen MR) is 75.8 cm³/mol. The topological polar surface area (TPSA) is 45.4 Å². The van der Waals surface area contributed by atoms with E-state index in [1.807, 2.05) is 55.5 Å². The van der Waals surface area contributed by atoms with Crippen LogP contribution in [0.4, 0.5) is 0 Å². The van der Waals surface area contributed by atoms with Gasteiger partial charge in [0.15, 0.2) is 5.71 Å². The molecule has 2 rings (SSSR count). The van der Waals surface area contributed by atoms with Crippen molar-refractivity contribution in [2.45, 2.75) is 6.92 Å². The lowest BCUT2D eigenvalue weighted by Gasteiger charge is -2.10. The lowest BCUT2D eigenvalue weighted by molar-refractivity contribution is 0.214. The molecule has 3 nitrogen and oxygen atoms in total. The quantitative estimate of drug-likeness (QED) is 0.618. The normalized spacial score (nSPS) is 10.9. The first-order valence-electron chi connectivity index (χ1n) is 5.94. The highest BCUT2D eigenvalue weighted by Gasteiger charge is 2.12. The zero-order valence-corrected chi connectivity index (χ0v) is 10.9. The number of rotatable bonds is 3. The van der Waals surface area contributed by atoms with Crippen molar-refractivity contribution in [1.82, 2.24) is 0 Å². The molecule has 0 unspecified atom stereocenters. The molecule has 0 aliphatic heterocycles. The fraction of sp³-hybridized carbons (Fsp3) is 0.125. The third-order valence-electron chi connectivity index (χ3n) is 2.91. The average Bonchev–Trinajstić information content (AvgIpc) is 2.45. The number of benzene rings is 2. The van der Waals surface area contributed by atoms with Crippen LogP contribution >= 0.6 is 0 Å². The highest BCUT2D eigenvalue weighted by Crippen LogP contribution is 2.27. The fourth-order valence-corrected chi connectivity index (χ4v) is 2.02. The SMILES string of the molecule is CON=C(C#N)c1ccccc1-c1ccccc1C. The molecule has 0 aromatic heterocycles. The van der Waals surface area contributed by atoms with Crippen molar-refractivity contribution in [1.29, 1.82) is 5.26 Å². The van der Waals surface area contributed by atoms with Gasteiger partial charge in [-0.1, -0.05) is 53.7 Å². The van der Waals surface area contributed by atoms with Crippen molar-refractivity contribution in [3.8, 4) is 17.2 Å². The molecule has 0 fully saturated rings. The third kappa shape index (κ3) is 2.63. The molecule has 0 heterocycles. The van der Waals surface area contributed by atoms with E-state index in [2.05, 4.69) is 11.2 Å². The van der Waals surface area contributed by atoms with Gasteiger partial charge in [0.1, 0.15) is 13.2 Å². The summed E-state index contributed by atoms with van der Waals surface area (Å²) < 4.78 is 0. The summed E-state index contributed by atoms with van der Waals surface area (Å²) in [6, 6.07) is 17.8. The Hall–Kier alpha value is -2.60. The molecule has 3 heteroatoms. The number of hydrogen-bond donors (Lipinski definition) is 0. The zero-order valence-electron chi connectivity index (χ0n) is 10.9. The summed E-state index contributed by atoms with van der Waals surface area (Å²) in [5.41, 5.74) is 4.29. The highest BCUT2D eigenvalue weighted by atomic mass is 16.6. The van der Waals surface area contributed by atoms with E-state index in [1.54, 1.807) is 0 Å². The van der Waals surface area contributed by atoms with Crippen LogP contribution in [0.5, 0.6) is 0 Å². The van der Waals surface area contributed by atoms with Gasteiger partial charge in [-0.3, -0.25) is 0 Å². The molecule has 0 aliphatic carbocycles. The molecule has 19 heavy (non-hydrogen) atoms. The Balaban J connectivity index is 2.64. The van der Waals surface area contributed by atoms with Gasteiger partial charge in [-0.25, -0.2) is 0 Å². The summed E-state index contributed by atoms with van der Waals surface area (Å²) in [5.74, 6) is 0. The van der Waals surface area contributed by atoms with Crippen LogP contribution in [-0.4, -0.2) is 12.8 Å². The van der Waals surface area contributed by atoms with Gasteiger partial charge in [0, 0.05) is 5.56 Å². The van der Waals surface area contributed by atoms with E-state index in [4.69, 9.17) is 4.84 Å². The minimum Gasteiger partial charge on any atom is -0.398 e. The standard InChI is InChI=1S/C16H14N2O/c1-12-7-3-4-8-13(12)14-9-5-6-10-15(14)16(11-17)18-19-2/h3-10H,1-2H3. The van der Waals surface area contributed by atoms with E-state index in [1.165, 1.54) is 7.11 Å². The molecule has 0 N–H and O–H groups in total. The second-order valence-electron chi connectivity index (χ2n) is 4.09. The Kier molecular flexibility index (Phi) is 3.94. The molecule has 94 valence electrons. The van der Waals surface area contributed by atoms with Gasteiger partial charge >= 0.3 is 0 Å². The predicted octanol–water partition coefficient (Wildman–Crippen LogP) is 3.54. The molecule has 0 aliphatic rings. The van der Waals surface area contributed by atoms with Crippen molar-refractivity contribution in [3.05, 3.63) is 59.7 Å². The van der Waals surface area contributed by atoms with Gasteiger partial charge in [0.2, 0.25) is 0 Å². The van der Waals surface area contributed by atoms with Crippen molar-refractivity contribution in [3.63, 3.8) is 0 Å². The number of hydrogen-bond acceptors (Lipinski definition) is 3. The number of nitriles is 1. The molecule has 0 spiro atoms. The first kappa shape index (κ1) is 12.8. The molecule has 2 aromatic rings. The van der Waals surface area contributed by atoms with Crippen LogP contribution in [0.2, 0.25) is 0 Å². The van der Waals surface area contributed by atoms with E-state index in [0.29, 0.717) is 0 Å². The van der Waals surface area contributed by atoms with Crippen molar-refractivity contribution in [2.24, 2.45) is 5.16 Å². The molecule has 0 atom stereocenters. The van der Waals surface area contributed by atoms with E-state index in [-0.39, 0.29) is 5.71 Å². The summed E-state index contributed by atoms with van der Waals surface area (Å²) in [7, 11) is 1.44. The van der Waals surface area contributed by atoms with Crippen LogP contribution in [0.1, 0.15) is 11.1 Å². The van der Waals surface area contributed by atoms with Crippen LogP contribution in [0.25, 0.3) is 11.1 Å². The summed E-state index contributed by atoms with van der Waals surface area (Å²) in [5, 5.41) is 13.0. The van der Waals surface area contributed by atoms with E-state index < -0.39 is 0 Å². The van der Waals surface area contributed by atoms with Gasteiger partial charge in [-0.05, 0) is 23.6 Å². The number of oxime groups is 1. The summed E-state index contributed by atoms with van der Waals surface area (Å²) in [4.78, 5) is 4.74. The Morgan fingerprint density at radius 2 is 1.68 bits per heavy atom. The average molecular weight is 250 g/mol.